The van der Waals surface area contributed by atoms with Crippen molar-refractivity contribution in [1.29, 1.82) is 0 Å². The van der Waals surface area contributed by atoms with Crippen molar-refractivity contribution in [1.82, 2.24) is 4.90 Å². The third-order valence-electron chi connectivity index (χ3n) is 4.05. The topological polar surface area (TPSA) is 80.5 Å². The Labute approximate surface area is 134 Å². The van der Waals surface area contributed by atoms with Crippen LogP contribution in [0.4, 0.5) is 8.78 Å². The van der Waals surface area contributed by atoms with E-state index in [-0.39, 0.29) is 30.3 Å². The molecule has 1 fully saturated rings. The van der Waals surface area contributed by atoms with Gasteiger partial charge in [0.1, 0.15) is 9.84 Å². The fourth-order valence-electron chi connectivity index (χ4n) is 2.75. The molecule has 2 atom stereocenters. The molecule has 1 saturated heterocycles. The van der Waals surface area contributed by atoms with E-state index in [0.29, 0.717) is 12.8 Å². The van der Waals surface area contributed by atoms with Crippen molar-refractivity contribution in [3.8, 4) is 0 Å². The van der Waals surface area contributed by atoms with Gasteiger partial charge in [0.2, 0.25) is 5.91 Å². The van der Waals surface area contributed by atoms with E-state index in [1.807, 2.05) is 0 Å². The highest BCUT2D eigenvalue weighted by atomic mass is 32.2. The van der Waals surface area contributed by atoms with Gasteiger partial charge in [0, 0.05) is 25.3 Å². The first-order valence-corrected chi connectivity index (χ1v) is 9.41. The molecular formula is C15H20F2N2O3S. The number of likely N-dealkylation sites (tertiary alicyclic amines) is 1. The van der Waals surface area contributed by atoms with Gasteiger partial charge in [-0.25, -0.2) is 17.2 Å². The quantitative estimate of drug-likeness (QED) is 0.883. The zero-order chi connectivity index (χ0) is 17.2. The number of carbonyl (C=O) groups excluding carboxylic acids is 1. The summed E-state index contributed by atoms with van der Waals surface area (Å²) in [5, 5.41) is 0. The van der Waals surface area contributed by atoms with Crippen molar-refractivity contribution >= 4 is 15.7 Å². The lowest BCUT2D eigenvalue weighted by Gasteiger charge is -2.25. The van der Waals surface area contributed by atoms with Crippen LogP contribution in [0.5, 0.6) is 0 Å². The lowest BCUT2D eigenvalue weighted by molar-refractivity contribution is -0.131. The van der Waals surface area contributed by atoms with Crippen molar-refractivity contribution in [2.45, 2.75) is 24.8 Å². The number of amides is 1. The van der Waals surface area contributed by atoms with E-state index in [1.54, 1.807) is 0 Å². The first-order chi connectivity index (χ1) is 10.7. The summed E-state index contributed by atoms with van der Waals surface area (Å²) in [6, 6.07) is 3.19. The van der Waals surface area contributed by atoms with Crippen LogP contribution in [0.2, 0.25) is 0 Å². The lowest BCUT2D eigenvalue weighted by Crippen LogP contribution is -2.44. The molecule has 1 heterocycles. The molecule has 1 aromatic rings. The molecule has 5 nitrogen and oxygen atoms in total. The van der Waals surface area contributed by atoms with Gasteiger partial charge < -0.3 is 10.6 Å². The van der Waals surface area contributed by atoms with Crippen LogP contribution >= 0.6 is 0 Å². The number of sulfone groups is 1. The van der Waals surface area contributed by atoms with Gasteiger partial charge in [-0.3, -0.25) is 4.79 Å². The van der Waals surface area contributed by atoms with Crippen LogP contribution in [0.15, 0.2) is 18.2 Å². The van der Waals surface area contributed by atoms with Gasteiger partial charge in [0.15, 0.2) is 11.6 Å². The lowest BCUT2D eigenvalue weighted by atomic mass is 9.93. The zero-order valence-electron chi connectivity index (χ0n) is 12.8. The average molecular weight is 346 g/mol. The maximum absolute atomic E-state index is 14.0. The summed E-state index contributed by atoms with van der Waals surface area (Å²) in [6.45, 7) is 0.126. The van der Waals surface area contributed by atoms with E-state index >= 15 is 0 Å². The number of nitrogens with zero attached hydrogens (tertiary/aromatic N) is 1. The third-order valence-corrected chi connectivity index (χ3v) is 4.97. The second-order valence-electron chi connectivity index (χ2n) is 5.94. The second-order valence-corrected chi connectivity index (χ2v) is 8.20. The number of benzene rings is 1. The van der Waals surface area contributed by atoms with Gasteiger partial charge in [-0.05, 0) is 24.5 Å². The Morgan fingerprint density at radius 2 is 2.00 bits per heavy atom. The van der Waals surface area contributed by atoms with Crippen LogP contribution in [0, 0.1) is 11.6 Å². The van der Waals surface area contributed by atoms with Crippen molar-refractivity contribution in [3.63, 3.8) is 0 Å². The molecule has 0 bridgehead atoms. The van der Waals surface area contributed by atoms with Gasteiger partial charge in [-0.2, -0.15) is 0 Å². The van der Waals surface area contributed by atoms with Gasteiger partial charge in [0.05, 0.1) is 11.8 Å². The number of halogens is 2. The highest BCUT2D eigenvalue weighted by Gasteiger charge is 2.31. The molecule has 0 aliphatic carbocycles. The van der Waals surface area contributed by atoms with Crippen LogP contribution in [-0.2, 0) is 14.6 Å². The molecule has 0 aromatic heterocycles. The Bertz CT molecular complexity index is 694. The van der Waals surface area contributed by atoms with Crippen LogP contribution < -0.4 is 5.73 Å². The van der Waals surface area contributed by atoms with Crippen LogP contribution in [-0.4, -0.2) is 50.4 Å². The molecule has 128 valence electrons. The summed E-state index contributed by atoms with van der Waals surface area (Å²) >= 11 is 0. The van der Waals surface area contributed by atoms with Crippen molar-refractivity contribution in [2.75, 3.05) is 25.1 Å². The number of rotatable bonds is 4. The van der Waals surface area contributed by atoms with Crippen LogP contribution in [0.25, 0.3) is 0 Å². The Hall–Kier alpha value is -1.54. The molecule has 23 heavy (non-hydrogen) atoms. The van der Waals surface area contributed by atoms with E-state index in [4.69, 9.17) is 5.73 Å². The fourth-order valence-corrected chi connectivity index (χ4v) is 3.31. The summed E-state index contributed by atoms with van der Waals surface area (Å²) < 4.78 is 50.1. The molecule has 8 heteroatoms. The first-order valence-electron chi connectivity index (χ1n) is 7.35. The average Bonchev–Trinajstić information content (AvgIpc) is 2.60. The molecular weight excluding hydrogens is 326 g/mol. The zero-order valence-corrected chi connectivity index (χ0v) is 13.7. The maximum atomic E-state index is 14.0. The molecule has 0 spiro atoms. The molecule has 1 aliphatic heterocycles. The molecule has 1 aliphatic rings. The minimum absolute atomic E-state index is 0.00119. The van der Waals surface area contributed by atoms with E-state index in [1.165, 1.54) is 17.0 Å². The molecule has 2 unspecified atom stereocenters. The van der Waals surface area contributed by atoms with E-state index < -0.39 is 33.4 Å². The predicted octanol–water partition coefficient (Wildman–Crippen LogP) is 1.04. The van der Waals surface area contributed by atoms with E-state index in [9.17, 15) is 22.0 Å². The monoisotopic (exact) mass is 346 g/mol. The largest absolute Gasteiger partial charge is 0.340 e. The number of hydrogen-bond acceptors (Lipinski definition) is 4. The maximum Gasteiger partial charge on any atom is 0.239 e. The van der Waals surface area contributed by atoms with Gasteiger partial charge >= 0.3 is 0 Å². The van der Waals surface area contributed by atoms with E-state index in [2.05, 4.69) is 0 Å². The third kappa shape index (κ3) is 4.48. The van der Waals surface area contributed by atoms with Gasteiger partial charge in [-0.15, -0.1) is 0 Å². The van der Waals surface area contributed by atoms with Gasteiger partial charge in [-0.1, -0.05) is 12.1 Å². The Balaban J connectivity index is 2.25. The van der Waals surface area contributed by atoms with Crippen LogP contribution in [0.1, 0.15) is 24.3 Å². The fraction of sp³-hybridized carbons (Fsp3) is 0.533. The summed E-state index contributed by atoms with van der Waals surface area (Å²) in [4.78, 5) is 13.6. The first kappa shape index (κ1) is 17.8. The standard InChI is InChI=1S/C15H20F2N2O3S/c1-23(21,22)8-7-19-9-10(5-6-13(18)15(19)20)11-3-2-4-12(16)14(11)17/h2-4,10,13H,5-9,18H2,1H3. The minimum atomic E-state index is -3.24. The molecule has 0 radical (unpaired) electrons. The molecule has 1 aromatic carbocycles. The van der Waals surface area contributed by atoms with Crippen LogP contribution in [0.3, 0.4) is 0 Å². The molecule has 0 saturated carbocycles. The number of hydrogen-bond donors (Lipinski definition) is 1. The predicted molar refractivity (Wildman–Crippen MR) is 82.6 cm³/mol. The van der Waals surface area contributed by atoms with Crippen molar-refractivity contribution < 1.29 is 22.0 Å². The highest BCUT2D eigenvalue weighted by molar-refractivity contribution is 7.90. The summed E-state index contributed by atoms with van der Waals surface area (Å²) in [5.74, 6) is -2.83. The smallest absolute Gasteiger partial charge is 0.239 e. The minimum Gasteiger partial charge on any atom is -0.340 e. The molecule has 1 amide bonds. The van der Waals surface area contributed by atoms with Gasteiger partial charge in [0.25, 0.3) is 0 Å². The van der Waals surface area contributed by atoms with E-state index in [0.717, 1.165) is 12.3 Å². The van der Waals surface area contributed by atoms with Crippen molar-refractivity contribution in [3.05, 3.63) is 35.4 Å². The Morgan fingerprint density at radius 3 is 2.65 bits per heavy atom. The summed E-state index contributed by atoms with van der Waals surface area (Å²) in [6.07, 6.45) is 1.86. The summed E-state index contributed by atoms with van der Waals surface area (Å²) in [5.41, 5.74) is 6.00. The highest BCUT2D eigenvalue weighted by Crippen LogP contribution is 2.29. The second kappa shape index (κ2) is 6.92. The Morgan fingerprint density at radius 1 is 1.30 bits per heavy atom. The van der Waals surface area contributed by atoms with Crippen molar-refractivity contribution in [2.24, 2.45) is 5.73 Å². The molecule has 2 N–H and O–H groups in total. The normalized spacial score (nSPS) is 23.0. The summed E-state index contributed by atoms with van der Waals surface area (Å²) in [7, 11) is -3.24. The number of carbonyl (C=O) groups is 1. The Kier molecular flexibility index (Phi) is 5.36. The number of nitrogens with two attached hydrogens (primary N) is 1. The SMILES string of the molecule is CS(=O)(=O)CCN1CC(c2cccc(F)c2F)CCC(N)C1=O. The molecule has 2 rings (SSSR count).